The van der Waals surface area contributed by atoms with Crippen molar-refractivity contribution in [3.63, 3.8) is 0 Å². The number of hydrogen-bond donors (Lipinski definition) is 0. The van der Waals surface area contributed by atoms with Crippen LogP contribution in [0.15, 0.2) is 21.5 Å². The summed E-state index contributed by atoms with van der Waals surface area (Å²) in [5.74, 6) is 0.555. The van der Waals surface area contributed by atoms with E-state index < -0.39 is 0 Å². The first-order valence-electron chi connectivity index (χ1n) is 5.15. The molecular weight excluding hydrogens is 272 g/mol. The van der Waals surface area contributed by atoms with Gasteiger partial charge in [-0.1, -0.05) is 6.92 Å². The highest BCUT2D eigenvalue weighted by Crippen LogP contribution is 2.29. The molecule has 1 aromatic rings. The van der Waals surface area contributed by atoms with Gasteiger partial charge >= 0.3 is 0 Å². The summed E-state index contributed by atoms with van der Waals surface area (Å²) < 4.78 is 1.09. The molecule has 1 fully saturated rings. The van der Waals surface area contributed by atoms with Crippen LogP contribution in [0.1, 0.15) is 31.1 Å². The van der Waals surface area contributed by atoms with Gasteiger partial charge < -0.3 is 0 Å². The number of hydrogen-bond acceptors (Lipinski definition) is 2. The molecule has 0 bridgehead atoms. The zero-order valence-electron chi connectivity index (χ0n) is 8.63. The van der Waals surface area contributed by atoms with Gasteiger partial charge in [-0.15, -0.1) is 11.3 Å². The van der Waals surface area contributed by atoms with E-state index in [9.17, 15) is 4.79 Å². The molecule has 1 aliphatic rings. The van der Waals surface area contributed by atoms with Crippen molar-refractivity contribution in [1.82, 2.24) is 0 Å². The summed E-state index contributed by atoms with van der Waals surface area (Å²) in [4.78, 5) is 13.0. The van der Waals surface area contributed by atoms with Gasteiger partial charge in [0.2, 0.25) is 0 Å². The molecule has 0 amide bonds. The monoisotopic (exact) mass is 284 g/mol. The van der Waals surface area contributed by atoms with Gasteiger partial charge in [0.1, 0.15) is 0 Å². The van der Waals surface area contributed by atoms with Crippen LogP contribution in [-0.2, 0) is 4.79 Å². The van der Waals surface area contributed by atoms with E-state index in [-0.39, 0.29) is 5.92 Å². The Morgan fingerprint density at radius 2 is 2.40 bits per heavy atom. The average Bonchev–Trinajstić information content (AvgIpc) is 2.59. The van der Waals surface area contributed by atoms with Crippen LogP contribution in [0.5, 0.6) is 0 Å². The van der Waals surface area contributed by atoms with Gasteiger partial charge in [0.25, 0.3) is 0 Å². The number of thiophene rings is 1. The molecule has 15 heavy (non-hydrogen) atoms. The minimum atomic E-state index is 0.216. The molecule has 0 radical (unpaired) electrons. The molecule has 0 saturated heterocycles. The van der Waals surface area contributed by atoms with E-state index >= 15 is 0 Å². The first-order valence-corrected chi connectivity index (χ1v) is 6.83. The lowest BCUT2D eigenvalue weighted by Crippen LogP contribution is -2.18. The summed E-state index contributed by atoms with van der Waals surface area (Å²) in [6, 6.07) is 2.06. The first-order chi connectivity index (χ1) is 7.16. The molecule has 3 heteroatoms. The van der Waals surface area contributed by atoms with Gasteiger partial charge in [-0.2, -0.15) is 0 Å². The summed E-state index contributed by atoms with van der Waals surface area (Å²) in [5, 5.41) is 2.04. The van der Waals surface area contributed by atoms with Crippen LogP contribution >= 0.6 is 27.3 Å². The van der Waals surface area contributed by atoms with E-state index in [2.05, 4.69) is 22.0 Å². The van der Waals surface area contributed by atoms with Crippen molar-refractivity contribution >= 4 is 39.1 Å². The van der Waals surface area contributed by atoms with Crippen LogP contribution in [0, 0.1) is 5.92 Å². The summed E-state index contributed by atoms with van der Waals surface area (Å²) >= 11 is 5.09. The molecule has 80 valence electrons. The number of carbonyl (C=O) groups is 1. The summed E-state index contributed by atoms with van der Waals surface area (Å²) in [7, 11) is 0. The van der Waals surface area contributed by atoms with E-state index in [0.29, 0.717) is 5.78 Å². The molecule has 0 unspecified atom stereocenters. The summed E-state index contributed by atoms with van der Waals surface area (Å²) in [6.07, 6.45) is 5.18. The molecule has 2 rings (SSSR count). The molecule has 1 aliphatic carbocycles. The maximum atomic E-state index is 11.9. The molecule has 0 N–H and O–H groups in total. The smallest absolute Gasteiger partial charge is 0.161 e. The van der Waals surface area contributed by atoms with Crippen molar-refractivity contribution in [3.05, 3.63) is 26.4 Å². The lowest BCUT2D eigenvalue weighted by molar-refractivity contribution is -0.119. The Hall–Kier alpha value is -0.410. The Labute approximate surface area is 102 Å². The highest BCUT2D eigenvalue weighted by Gasteiger charge is 2.22. The fourth-order valence-corrected chi connectivity index (χ4v) is 3.29. The van der Waals surface area contributed by atoms with Crippen LogP contribution < -0.4 is 0 Å². The van der Waals surface area contributed by atoms with Crippen molar-refractivity contribution in [2.75, 3.05) is 0 Å². The second-order valence-corrected chi connectivity index (χ2v) is 5.85. The molecule has 1 heterocycles. The highest BCUT2D eigenvalue weighted by molar-refractivity contribution is 9.10. The Balaban J connectivity index is 2.22. The molecule has 1 nitrogen and oxygen atoms in total. The van der Waals surface area contributed by atoms with Crippen molar-refractivity contribution in [3.8, 4) is 0 Å². The third kappa shape index (κ3) is 2.58. The minimum Gasteiger partial charge on any atom is -0.294 e. The minimum absolute atomic E-state index is 0.216. The molecule has 0 aromatic carbocycles. The third-order valence-electron chi connectivity index (χ3n) is 2.75. The fraction of sp³-hybridized carbons (Fsp3) is 0.417. The van der Waals surface area contributed by atoms with E-state index in [4.69, 9.17) is 0 Å². The number of ketones is 1. The van der Waals surface area contributed by atoms with Crippen LogP contribution in [0.25, 0.3) is 6.08 Å². The molecule has 0 aliphatic heterocycles. The maximum Gasteiger partial charge on any atom is 0.161 e. The van der Waals surface area contributed by atoms with Gasteiger partial charge in [-0.25, -0.2) is 0 Å². The van der Waals surface area contributed by atoms with Gasteiger partial charge in [0.05, 0.1) is 0 Å². The second-order valence-electron chi connectivity index (χ2n) is 3.99. The predicted octanol–water partition coefficient (Wildman–Crippen LogP) is 4.28. The quantitative estimate of drug-likeness (QED) is 0.704. The molecule has 1 saturated carbocycles. The maximum absolute atomic E-state index is 11.9. The standard InChI is InChI=1S/C12H13BrOS/c1-8-3-2-4-9(12(8)14)5-11-6-10(13)7-15-11/h5-8H,2-4H2,1H3/t8-/m0/s1. The Bertz CT molecular complexity index is 406. The predicted molar refractivity (Wildman–Crippen MR) is 68.0 cm³/mol. The molecule has 0 spiro atoms. The SMILES string of the molecule is C[C@H]1CCCC(=Cc2cc(Br)cs2)C1=O. The van der Waals surface area contributed by atoms with E-state index in [1.54, 1.807) is 11.3 Å². The molecular formula is C12H13BrOS. The van der Waals surface area contributed by atoms with Gasteiger partial charge in [-0.3, -0.25) is 4.79 Å². The van der Waals surface area contributed by atoms with Crippen molar-refractivity contribution in [2.45, 2.75) is 26.2 Å². The van der Waals surface area contributed by atoms with Crippen LogP contribution in [-0.4, -0.2) is 5.78 Å². The zero-order valence-corrected chi connectivity index (χ0v) is 11.0. The molecule has 1 atom stereocenters. The number of halogens is 1. The van der Waals surface area contributed by atoms with Gasteiger partial charge in [0.15, 0.2) is 5.78 Å². The van der Waals surface area contributed by atoms with E-state index in [1.807, 2.05) is 18.4 Å². The van der Waals surface area contributed by atoms with Crippen molar-refractivity contribution in [2.24, 2.45) is 5.92 Å². The largest absolute Gasteiger partial charge is 0.294 e. The van der Waals surface area contributed by atoms with Crippen LogP contribution in [0.4, 0.5) is 0 Å². The normalized spacial score (nSPS) is 24.8. The lowest BCUT2D eigenvalue weighted by Gasteiger charge is -2.18. The highest BCUT2D eigenvalue weighted by atomic mass is 79.9. The molecule has 1 aromatic heterocycles. The summed E-state index contributed by atoms with van der Waals surface area (Å²) in [6.45, 7) is 2.03. The van der Waals surface area contributed by atoms with Gasteiger partial charge in [0, 0.05) is 20.6 Å². The zero-order chi connectivity index (χ0) is 10.8. The number of allylic oxidation sites excluding steroid dienone is 1. The van der Waals surface area contributed by atoms with Gasteiger partial charge in [-0.05, 0) is 52.9 Å². The second kappa shape index (κ2) is 4.62. The van der Waals surface area contributed by atoms with E-state index in [1.165, 1.54) is 4.88 Å². The topological polar surface area (TPSA) is 17.1 Å². The number of Topliss-reactive ketones (excluding diaryl/α,β-unsaturated/α-hetero) is 1. The first kappa shape index (κ1) is 11.1. The Morgan fingerprint density at radius 3 is 3.07 bits per heavy atom. The lowest BCUT2D eigenvalue weighted by atomic mass is 9.85. The Morgan fingerprint density at radius 1 is 1.60 bits per heavy atom. The average molecular weight is 285 g/mol. The third-order valence-corrected chi connectivity index (χ3v) is 4.39. The van der Waals surface area contributed by atoms with Crippen LogP contribution in [0.3, 0.4) is 0 Å². The summed E-state index contributed by atoms with van der Waals surface area (Å²) in [5.41, 5.74) is 1.00. The number of carbonyl (C=O) groups excluding carboxylic acids is 1. The van der Waals surface area contributed by atoms with Crippen molar-refractivity contribution < 1.29 is 4.79 Å². The Kier molecular flexibility index (Phi) is 3.42. The van der Waals surface area contributed by atoms with E-state index in [0.717, 1.165) is 29.3 Å². The fourth-order valence-electron chi connectivity index (χ4n) is 1.89. The van der Waals surface area contributed by atoms with Crippen molar-refractivity contribution in [1.29, 1.82) is 0 Å². The van der Waals surface area contributed by atoms with Crippen LogP contribution in [0.2, 0.25) is 0 Å². The number of rotatable bonds is 1.